The lowest BCUT2D eigenvalue weighted by atomic mass is 10.2. The van der Waals surface area contributed by atoms with Crippen LogP contribution in [-0.4, -0.2) is 35.1 Å². The predicted molar refractivity (Wildman–Crippen MR) is 132 cm³/mol. The van der Waals surface area contributed by atoms with Gasteiger partial charge in [-0.3, -0.25) is 4.79 Å². The van der Waals surface area contributed by atoms with E-state index in [9.17, 15) is 9.59 Å². The van der Waals surface area contributed by atoms with Crippen molar-refractivity contribution in [1.82, 2.24) is 9.66 Å². The first-order valence-electron chi connectivity index (χ1n) is 9.62. The fourth-order valence-corrected chi connectivity index (χ4v) is 4.25. The highest BCUT2D eigenvalue weighted by atomic mass is 79.9. The van der Waals surface area contributed by atoms with Gasteiger partial charge in [0, 0.05) is 21.0 Å². The summed E-state index contributed by atoms with van der Waals surface area (Å²) < 4.78 is 13.1. The van der Waals surface area contributed by atoms with E-state index in [0.717, 1.165) is 4.47 Å². The highest BCUT2D eigenvalue weighted by Crippen LogP contribution is 2.33. The molecule has 32 heavy (non-hydrogen) atoms. The monoisotopic (exact) mass is 583 g/mol. The first-order chi connectivity index (χ1) is 15.1. The molecule has 1 aromatic heterocycles. The third kappa shape index (κ3) is 5.22. The third-order valence-electron chi connectivity index (χ3n) is 4.53. The molecule has 0 spiro atoms. The highest BCUT2D eigenvalue weighted by molar-refractivity contribution is 9.10. The van der Waals surface area contributed by atoms with Crippen LogP contribution in [0.4, 0.5) is 0 Å². The maximum absolute atomic E-state index is 13.2. The van der Waals surface area contributed by atoms with Gasteiger partial charge in [-0.05, 0) is 53.2 Å². The van der Waals surface area contributed by atoms with Gasteiger partial charge in [0.15, 0.2) is 6.10 Å². The van der Waals surface area contributed by atoms with E-state index in [1.165, 1.54) is 18.0 Å². The van der Waals surface area contributed by atoms with Gasteiger partial charge in [0.25, 0.3) is 5.56 Å². The molecule has 2 aromatic carbocycles. The quantitative estimate of drug-likeness (QED) is 0.281. The molecule has 3 rings (SSSR count). The fourth-order valence-electron chi connectivity index (χ4n) is 2.96. The Morgan fingerprint density at radius 3 is 2.59 bits per heavy atom. The number of methoxy groups -OCH3 is 1. The number of carbonyl (C=O) groups excluding carboxylic acids is 1. The van der Waals surface area contributed by atoms with Crippen molar-refractivity contribution in [3.05, 3.63) is 66.0 Å². The van der Waals surface area contributed by atoms with Crippen molar-refractivity contribution in [2.75, 3.05) is 7.11 Å². The van der Waals surface area contributed by atoms with Crippen LogP contribution < -0.4 is 10.3 Å². The fraction of sp³-hybridized carbons (Fsp3) is 0.273. The summed E-state index contributed by atoms with van der Waals surface area (Å²) in [6.45, 7) is 5.43. The van der Waals surface area contributed by atoms with Crippen molar-refractivity contribution in [3.8, 4) is 5.75 Å². The Kier molecular flexibility index (Phi) is 7.74. The number of fused-ring (bicyclic) bond motifs is 1. The van der Waals surface area contributed by atoms with Gasteiger partial charge in [0.2, 0.25) is 0 Å². The van der Waals surface area contributed by atoms with Crippen molar-refractivity contribution in [3.63, 3.8) is 0 Å². The van der Waals surface area contributed by atoms with E-state index in [-0.39, 0.29) is 11.5 Å². The van der Waals surface area contributed by atoms with E-state index < -0.39 is 12.1 Å². The molecule has 0 radical (unpaired) electrons. The molecular formula is C22H20Br2ClN3O4. The van der Waals surface area contributed by atoms with Gasteiger partial charge < -0.3 is 9.47 Å². The number of rotatable bonds is 6. The molecule has 0 saturated heterocycles. The van der Waals surface area contributed by atoms with Crippen molar-refractivity contribution in [1.29, 1.82) is 0 Å². The van der Waals surface area contributed by atoms with E-state index in [4.69, 9.17) is 21.1 Å². The van der Waals surface area contributed by atoms with Crippen LogP contribution in [0.15, 0.2) is 49.2 Å². The summed E-state index contributed by atoms with van der Waals surface area (Å²) in [4.78, 5) is 29.7. The zero-order valence-corrected chi connectivity index (χ0v) is 21.7. The Labute approximate surface area is 206 Å². The number of esters is 1. The molecule has 1 atom stereocenters. The normalized spacial score (nSPS) is 12.5. The molecular weight excluding hydrogens is 566 g/mol. The van der Waals surface area contributed by atoms with E-state index in [1.807, 2.05) is 19.9 Å². The molecule has 0 aliphatic carbocycles. The minimum atomic E-state index is -0.863. The predicted octanol–water partition coefficient (Wildman–Crippen LogP) is 5.52. The third-order valence-corrected chi connectivity index (χ3v) is 5.83. The molecule has 0 N–H and O–H groups in total. The maximum atomic E-state index is 13.2. The second-order valence-corrected chi connectivity index (χ2v) is 9.44. The van der Waals surface area contributed by atoms with Crippen LogP contribution in [0.1, 0.15) is 38.1 Å². The van der Waals surface area contributed by atoms with Crippen LogP contribution in [-0.2, 0) is 9.53 Å². The molecule has 10 heteroatoms. The largest absolute Gasteiger partial charge is 0.477 e. The standard InChI is InChI=1S/C22H20Br2ClN3O4/c1-11(2)20-27-18-6-5-14(23)8-16(18)21(29)28(20)26-10-13-7-15(25)9-17(24)19(13)32-12(3)22(30)31-4/h5-12H,1-4H3/t12-/m0/s1. The molecule has 1 heterocycles. The lowest BCUT2D eigenvalue weighted by molar-refractivity contribution is -0.147. The molecule has 168 valence electrons. The Bertz CT molecular complexity index is 1270. The summed E-state index contributed by atoms with van der Waals surface area (Å²) in [7, 11) is 1.28. The number of benzene rings is 2. The number of hydrogen-bond donors (Lipinski definition) is 0. The summed E-state index contributed by atoms with van der Waals surface area (Å²) in [5.41, 5.74) is 0.758. The molecule has 3 aromatic rings. The molecule has 0 amide bonds. The van der Waals surface area contributed by atoms with Gasteiger partial charge in [-0.25, -0.2) is 9.78 Å². The Balaban J connectivity index is 2.15. The second kappa shape index (κ2) is 10.1. The first kappa shape index (κ1) is 24.4. The summed E-state index contributed by atoms with van der Waals surface area (Å²) in [6.07, 6.45) is 0.590. The highest BCUT2D eigenvalue weighted by Gasteiger charge is 2.19. The number of nitrogens with zero attached hydrogens (tertiary/aromatic N) is 3. The molecule has 7 nitrogen and oxygen atoms in total. The smallest absolute Gasteiger partial charge is 0.346 e. The molecule has 0 unspecified atom stereocenters. The molecule has 0 saturated carbocycles. The first-order valence-corrected chi connectivity index (χ1v) is 11.6. The topological polar surface area (TPSA) is 82.8 Å². The van der Waals surface area contributed by atoms with Crippen LogP contribution in [0.2, 0.25) is 5.02 Å². The average molecular weight is 586 g/mol. The van der Waals surface area contributed by atoms with E-state index in [0.29, 0.717) is 37.5 Å². The number of aromatic nitrogens is 2. The van der Waals surface area contributed by atoms with E-state index in [1.54, 1.807) is 31.2 Å². The van der Waals surface area contributed by atoms with E-state index in [2.05, 4.69) is 41.9 Å². The van der Waals surface area contributed by atoms with Crippen LogP contribution in [0.5, 0.6) is 5.75 Å². The summed E-state index contributed by atoms with van der Waals surface area (Å²) >= 11 is 13.0. The second-order valence-electron chi connectivity index (χ2n) is 7.24. The molecule has 0 aliphatic heterocycles. The van der Waals surface area contributed by atoms with Gasteiger partial charge in [-0.2, -0.15) is 9.78 Å². The Morgan fingerprint density at radius 1 is 1.22 bits per heavy atom. The number of carbonyl (C=O) groups is 1. The van der Waals surface area contributed by atoms with Crippen molar-refractivity contribution in [2.45, 2.75) is 32.8 Å². The van der Waals surface area contributed by atoms with Gasteiger partial charge in [0.05, 0.1) is 28.7 Å². The zero-order chi connectivity index (χ0) is 23.6. The van der Waals surface area contributed by atoms with Gasteiger partial charge in [-0.15, -0.1) is 0 Å². The number of ether oxygens (including phenoxy) is 2. The number of halogens is 3. The lowest BCUT2D eigenvalue weighted by Gasteiger charge is -2.16. The van der Waals surface area contributed by atoms with Gasteiger partial charge in [-0.1, -0.05) is 41.4 Å². The summed E-state index contributed by atoms with van der Waals surface area (Å²) in [5, 5.41) is 5.28. The van der Waals surface area contributed by atoms with Crippen LogP contribution in [0, 0.1) is 0 Å². The summed E-state index contributed by atoms with van der Waals surface area (Å²) in [6, 6.07) is 8.60. The Hall–Kier alpha value is -2.23. The van der Waals surface area contributed by atoms with Gasteiger partial charge in [0.1, 0.15) is 11.6 Å². The van der Waals surface area contributed by atoms with Gasteiger partial charge >= 0.3 is 5.97 Å². The van der Waals surface area contributed by atoms with E-state index >= 15 is 0 Å². The van der Waals surface area contributed by atoms with Crippen molar-refractivity contribution in [2.24, 2.45) is 5.10 Å². The lowest BCUT2D eigenvalue weighted by Crippen LogP contribution is -2.25. The molecule has 0 aliphatic rings. The number of hydrogen-bond acceptors (Lipinski definition) is 6. The van der Waals surface area contributed by atoms with Crippen LogP contribution in [0.25, 0.3) is 10.9 Å². The van der Waals surface area contributed by atoms with Crippen LogP contribution >= 0.6 is 43.5 Å². The van der Waals surface area contributed by atoms with Crippen molar-refractivity contribution >= 4 is 66.5 Å². The summed E-state index contributed by atoms with van der Waals surface area (Å²) in [5.74, 6) is 0.255. The van der Waals surface area contributed by atoms with Crippen molar-refractivity contribution < 1.29 is 14.3 Å². The van der Waals surface area contributed by atoms with Crippen LogP contribution in [0.3, 0.4) is 0 Å². The SMILES string of the molecule is COC(=O)[C@H](C)Oc1c(Br)cc(Cl)cc1C=Nn1c(C(C)C)nc2ccc(Br)cc2c1=O. The Morgan fingerprint density at radius 2 is 1.94 bits per heavy atom. The molecule has 0 fully saturated rings. The average Bonchev–Trinajstić information content (AvgIpc) is 2.74. The minimum Gasteiger partial charge on any atom is -0.477 e. The molecule has 0 bridgehead atoms. The maximum Gasteiger partial charge on any atom is 0.346 e. The minimum absolute atomic E-state index is 0.0611. The zero-order valence-electron chi connectivity index (χ0n) is 17.7.